The standard InChI is InChI=1S/C14H19N3O2.C2HF3O2/c1-3-17-12-8-10(5-7-14(18)19-2)4-6-11(12)16-13(17)9-15;3-2(4,5)1(6)7/h4,6,8H,3,5,7,9,15H2,1-2H3;(H,6,7). The number of carboxylic acids is 1. The number of carbonyl (C=O) groups excluding carboxylic acids is 1. The number of benzene rings is 1. The van der Waals surface area contributed by atoms with E-state index in [2.05, 4.69) is 27.3 Å². The molecule has 10 heteroatoms. The maximum Gasteiger partial charge on any atom is 0.490 e. The Bertz CT molecular complexity index is 772. The topological polar surface area (TPSA) is 107 Å². The molecule has 0 aliphatic carbocycles. The van der Waals surface area contributed by atoms with Crippen LogP contribution >= 0.6 is 0 Å². The molecule has 0 fully saturated rings. The number of aryl methyl sites for hydroxylation is 2. The van der Waals surface area contributed by atoms with Gasteiger partial charge in [0.15, 0.2) is 0 Å². The van der Waals surface area contributed by atoms with Gasteiger partial charge in [0.25, 0.3) is 0 Å². The van der Waals surface area contributed by atoms with E-state index in [9.17, 15) is 18.0 Å². The predicted molar refractivity (Wildman–Crippen MR) is 87.3 cm³/mol. The number of nitrogens with zero attached hydrogens (tertiary/aromatic N) is 2. The summed E-state index contributed by atoms with van der Waals surface area (Å²) in [6.07, 6.45) is -4.01. The number of halogens is 3. The number of rotatable bonds is 5. The van der Waals surface area contributed by atoms with Gasteiger partial charge in [-0.25, -0.2) is 9.78 Å². The molecule has 0 unspecified atom stereocenters. The number of fused-ring (bicyclic) bond motifs is 1. The lowest BCUT2D eigenvalue weighted by Crippen LogP contribution is -2.21. The number of esters is 1. The van der Waals surface area contributed by atoms with Crippen LogP contribution in [0, 0.1) is 0 Å². The van der Waals surface area contributed by atoms with Crippen molar-refractivity contribution in [2.45, 2.75) is 39.0 Å². The zero-order valence-corrected chi connectivity index (χ0v) is 14.3. The van der Waals surface area contributed by atoms with E-state index in [0.29, 0.717) is 19.4 Å². The van der Waals surface area contributed by atoms with E-state index < -0.39 is 12.1 Å². The molecule has 26 heavy (non-hydrogen) atoms. The fourth-order valence-electron chi connectivity index (χ4n) is 2.23. The fourth-order valence-corrected chi connectivity index (χ4v) is 2.23. The molecular formula is C16H20F3N3O4. The van der Waals surface area contributed by atoms with Crippen LogP contribution in [-0.4, -0.2) is 39.9 Å². The monoisotopic (exact) mass is 375 g/mol. The summed E-state index contributed by atoms with van der Waals surface area (Å²) < 4.78 is 38.5. The predicted octanol–water partition coefficient (Wildman–Crippen LogP) is 2.25. The Hall–Kier alpha value is -2.62. The molecule has 2 aromatic rings. The van der Waals surface area contributed by atoms with Crippen molar-refractivity contribution in [1.82, 2.24) is 9.55 Å². The van der Waals surface area contributed by atoms with Gasteiger partial charge in [-0.2, -0.15) is 13.2 Å². The van der Waals surface area contributed by atoms with Crippen LogP contribution in [0.2, 0.25) is 0 Å². The molecule has 0 saturated carbocycles. The average Bonchev–Trinajstić information content (AvgIpc) is 2.96. The first-order valence-electron chi connectivity index (χ1n) is 7.69. The summed E-state index contributed by atoms with van der Waals surface area (Å²) in [5, 5.41) is 7.12. The molecule has 1 heterocycles. The molecule has 0 aliphatic rings. The molecule has 0 atom stereocenters. The summed E-state index contributed by atoms with van der Waals surface area (Å²) in [5.74, 6) is -2.05. The SMILES string of the molecule is CCn1c(CN)nc2ccc(CCC(=O)OC)cc21.O=C(O)C(F)(F)F. The highest BCUT2D eigenvalue weighted by atomic mass is 19.4. The Labute approximate surface area is 147 Å². The smallest absolute Gasteiger partial charge is 0.475 e. The third-order valence-electron chi connectivity index (χ3n) is 3.48. The highest BCUT2D eigenvalue weighted by Gasteiger charge is 2.38. The van der Waals surface area contributed by atoms with Crippen molar-refractivity contribution < 1.29 is 32.6 Å². The van der Waals surface area contributed by atoms with Gasteiger partial charge in [-0.1, -0.05) is 6.07 Å². The summed E-state index contributed by atoms with van der Waals surface area (Å²) >= 11 is 0. The number of carbonyl (C=O) groups is 2. The van der Waals surface area contributed by atoms with Crippen molar-refractivity contribution in [3.05, 3.63) is 29.6 Å². The third-order valence-corrected chi connectivity index (χ3v) is 3.48. The van der Waals surface area contributed by atoms with Gasteiger partial charge in [-0.3, -0.25) is 4.79 Å². The fraction of sp³-hybridized carbons (Fsp3) is 0.438. The zero-order valence-electron chi connectivity index (χ0n) is 14.3. The molecule has 0 aliphatic heterocycles. The summed E-state index contributed by atoms with van der Waals surface area (Å²) in [4.78, 5) is 24.6. The van der Waals surface area contributed by atoms with E-state index in [1.165, 1.54) is 7.11 Å². The Kier molecular flexibility index (Phi) is 7.56. The molecule has 0 saturated heterocycles. The molecule has 3 N–H and O–H groups in total. The van der Waals surface area contributed by atoms with Crippen molar-refractivity contribution in [2.24, 2.45) is 5.73 Å². The molecule has 7 nitrogen and oxygen atoms in total. The van der Waals surface area contributed by atoms with Gasteiger partial charge in [0.1, 0.15) is 5.82 Å². The number of carboxylic acid groups (broad SMARTS) is 1. The minimum atomic E-state index is -5.08. The summed E-state index contributed by atoms with van der Waals surface area (Å²) in [7, 11) is 1.41. The van der Waals surface area contributed by atoms with E-state index in [0.717, 1.165) is 29.0 Å². The van der Waals surface area contributed by atoms with Gasteiger partial charge in [-0.15, -0.1) is 0 Å². The van der Waals surface area contributed by atoms with Crippen molar-refractivity contribution in [2.75, 3.05) is 7.11 Å². The Morgan fingerprint density at radius 3 is 2.42 bits per heavy atom. The maximum atomic E-state index is 11.2. The van der Waals surface area contributed by atoms with Crippen molar-refractivity contribution >= 4 is 23.0 Å². The van der Waals surface area contributed by atoms with Crippen LogP contribution in [-0.2, 0) is 33.8 Å². The Morgan fingerprint density at radius 2 is 1.96 bits per heavy atom. The third kappa shape index (κ3) is 5.73. The normalized spacial score (nSPS) is 11.0. The second-order valence-electron chi connectivity index (χ2n) is 5.18. The summed E-state index contributed by atoms with van der Waals surface area (Å²) in [5.41, 5.74) is 8.83. The summed E-state index contributed by atoms with van der Waals surface area (Å²) in [6.45, 7) is 3.34. The van der Waals surface area contributed by atoms with Crippen LogP contribution in [0.4, 0.5) is 13.2 Å². The second kappa shape index (κ2) is 9.18. The number of alkyl halides is 3. The largest absolute Gasteiger partial charge is 0.490 e. The van der Waals surface area contributed by atoms with E-state index in [-0.39, 0.29) is 5.97 Å². The molecule has 0 spiro atoms. The van der Waals surface area contributed by atoms with Crippen LogP contribution in [0.3, 0.4) is 0 Å². The minimum Gasteiger partial charge on any atom is -0.475 e. The number of nitrogens with two attached hydrogens (primary N) is 1. The highest BCUT2D eigenvalue weighted by Crippen LogP contribution is 2.19. The first kappa shape index (κ1) is 21.4. The lowest BCUT2D eigenvalue weighted by Gasteiger charge is -2.05. The van der Waals surface area contributed by atoms with Crippen molar-refractivity contribution in [3.8, 4) is 0 Å². The van der Waals surface area contributed by atoms with Gasteiger partial charge < -0.3 is 20.1 Å². The van der Waals surface area contributed by atoms with E-state index in [4.69, 9.17) is 15.6 Å². The number of hydrogen-bond donors (Lipinski definition) is 2. The molecule has 1 aromatic heterocycles. The Morgan fingerprint density at radius 1 is 1.35 bits per heavy atom. The van der Waals surface area contributed by atoms with Gasteiger partial charge in [0.2, 0.25) is 0 Å². The number of methoxy groups -OCH3 is 1. The van der Waals surface area contributed by atoms with Gasteiger partial charge >= 0.3 is 18.1 Å². The first-order valence-corrected chi connectivity index (χ1v) is 7.69. The molecule has 0 bridgehead atoms. The van der Waals surface area contributed by atoms with Crippen molar-refractivity contribution in [3.63, 3.8) is 0 Å². The van der Waals surface area contributed by atoms with E-state index >= 15 is 0 Å². The van der Waals surface area contributed by atoms with Gasteiger partial charge in [-0.05, 0) is 31.0 Å². The molecular weight excluding hydrogens is 355 g/mol. The number of ether oxygens (including phenoxy) is 1. The maximum absolute atomic E-state index is 11.2. The minimum absolute atomic E-state index is 0.188. The van der Waals surface area contributed by atoms with Crippen molar-refractivity contribution in [1.29, 1.82) is 0 Å². The molecule has 144 valence electrons. The first-order chi connectivity index (χ1) is 12.1. The van der Waals surface area contributed by atoms with E-state index in [1.54, 1.807) is 0 Å². The lowest BCUT2D eigenvalue weighted by atomic mass is 10.1. The molecule has 2 rings (SSSR count). The van der Waals surface area contributed by atoms with Crippen LogP contribution in [0.15, 0.2) is 18.2 Å². The number of aromatic nitrogens is 2. The highest BCUT2D eigenvalue weighted by molar-refractivity contribution is 5.77. The lowest BCUT2D eigenvalue weighted by molar-refractivity contribution is -0.192. The molecule has 1 aromatic carbocycles. The molecule has 0 amide bonds. The van der Waals surface area contributed by atoms with Gasteiger partial charge in [0, 0.05) is 13.0 Å². The average molecular weight is 375 g/mol. The Balaban J connectivity index is 0.000000412. The quantitative estimate of drug-likeness (QED) is 0.776. The van der Waals surface area contributed by atoms with E-state index in [1.807, 2.05) is 12.1 Å². The number of hydrogen-bond acceptors (Lipinski definition) is 5. The van der Waals surface area contributed by atoms with Crippen LogP contribution in [0.5, 0.6) is 0 Å². The van der Waals surface area contributed by atoms with Crippen LogP contribution < -0.4 is 5.73 Å². The molecule has 0 radical (unpaired) electrons. The number of imidazole rings is 1. The van der Waals surface area contributed by atoms with Crippen LogP contribution in [0.25, 0.3) is 11.0 Å². The zero-order chi connectivity index (χ0) is 19.9. The van der Waals surface area contributed by atoms with Crippen LogP contribution in [0.1, 0.15) is 24.7 Å². The number of aliphatic carboxylic acids is 1. The summed E-state index contributed by atoms with van der Waals surface area (Å²) in [6, 6.07) is 6.06. The second-order valence-corrected chi connectivity index (χ2v) is 5.18. The van der Waals surface area contributed by atoms with Gasteiger partial charge in [0.05, 0.1) is 24.7 Å².